The third-order valence-corrected chi connectivity index (χ3v) is 5.36. The van der Waals surface area contributed by atoms with Crippen LogP contribution in [0.4, 0.5) is 0 Å². The summed E-state index contributed by atoms with van der Waals surface area (Å²) in [5.74, 6) is 0.110. The first-order chi connectivity index (χ1) is 8.61. The molecule has 0 aliphatic carbocycles. The second kappa shape index (κ2) is 6.50. The summed E-state index contributed by atoms with van der Waals surface area (Å²) >= 11 is 8.37. The van der Waals surface area contributed by atoms with E-state index in [1.165, 1.54) is 11.3 Å². The zero-order chi connectivity index (χ0) is 13.1. The van der Waals surface area contributed by atoms with E-state index in [1.54, 1.807) is 0 Å². The Morgan fingerprint density at radius 2 is 2.17 bits per heavy atom. The van der Waals surface area contributed by atoms with E-state index in [-0.39, 0.29) is 5.91 Å². The average molecular weight is 397 g/mol. The molecule has 0 aromatic carbocycles. The molecule has 1 saturated heterocycles. The van der Waals surface area contributed by atoms with Gasteiger partial charge in [-0.15, -0.1) is 11.3 Å². The predicted octanol–water partition coefficient (Wildman–Crippen LogP) is 3.91. The molecule has 1 amide bonds. The van der Waals surface area contributed by atoms with Gasteiger partial charge < -0.3 is 9.64 Å². The van der Waals surface area contributed by atoms with Crippen LogP contribution in [0.15, 0.2) is 13.6 Å². The highest BCUT2D eigenvalue weighted by Crippen LogP contribution is 2.33. The largest absolute Gasteiger partial charge is 0.378 e. The topological polar surface area (TPSA) is 29.5 Å². The SMILES string of the molecule is CCOC1CCN(C(=O)c2cc(Br)sc2Br)CC1. The van der Waals surface area contributed by atoms with Crippen LogP contribution in [0, 0.1) is 0 Å². The van der Waals surface area contributed by atoms with E-state index in [0.29, 0.717) is 6.10 Å². The van der Waals surface area contributed by atoms with Gasteiger partial charge in [-0.3, -0.25) is 4.79 Å². The molecule has 1 aliphatic rings. The molecule has 0 atom stereocenters. The van der Waals surface area contributed by atoms with Gasteiger partial charge in [-0.25, -0.2) is 0 Å². The minimum absolute atomic E-state index is 0.110. The molecule has 2 heterocycles. The fourth-order valence-corrected chi connectivity index (χ4v) is 4.90. The second-order valence-electron chi connectivity index (χ2n) is 4.18. The lowest BCUT2D eigenvalue weighted by molar-refractivity contribution is 0.0146. The Balaban J connectivity index is 1.97. The maximum Gasteiger partial charge on any atom is 0.255 e. The number of piperidine rings is 1. The second-order valence-corrected chi connectivity index (χ2v) is 7.93. The van der Waals surface area contributed by atoms with Gasteiger partial charge in [0.05, 0.1) is 19.2 Å². The van der Waals surface area contributed by atoms with Crippen LogP contribution in [0.25, 0.3) is 0 Å². The molecule has 100 valence electrons. The summed E-state index contributed by atoms with van der Waals surface area (Å²) in [7, 11) is 0. The highest BCUT2D eigenvalue weighted by Gasteiger charge is 2.25. The molecule has 0 radical (unpaired) electrons. The number of thiophene rings is 1. The number of rotatable bonds is 3. The number of hydrogen-bond donors (Lipinski definition) is 0. The van der Waals surface area contributed by atoms with Crippen LogP contribution in [0.1, 0.15) is 30.1 Å². The van der Waals surface area contributed by atoms with E-state index in [1.807, 2.05) is 17.9 Å². The first-order valence-electron chi connectivity index (χ1n) is 5.97. The monoisotopic (exact) mass is 395 g/mol. The lowest BCUT2D eigenvalue weighted by Crippen LogP contribution is -2.40. The minimum Gasteiger partial charge on any atom is -0.378 e. The highest BCUT2D eigenvalue weighted by molar-refractivity contribution is 9.12. The van der Waals surface area contributed by atoms with Crippen LogP contribution in [-0.2, 0) is 4.74 Å². The molecule has 18 heavy (non-hydrogen) atoms. The van der Waals surface area contributed by atoms with Gasteiger partial charge in [0.2, 0.25) is 0 Å². The van der Waals surface area contributed by atoms with E-state index >= 15 is 0 Å². The Morgan fingerprint density at radius 1 is 1.50 bits per heavy atom. The maximum atomic E-state index is 12.3. The predicted molar refractivity (Wildman–Crippen MR) is 80.3 cm³/mol. The van der Waals surface area contributed by atoms with Gasteiger partial charge >= 0.3 is 0 Å². The van der Waals surface area contributed by atoms with Crippen LogP contribution >= 0.6 is 43.2 Å². The van der Waals surface area contributed by atoms with Crippen molar-refractivity contribution in [1.82, 2.24) is 4.90 Å². The quantitative estimate of drug-likeness (QED) is 0.774. The fraction of sp³-hybridized carbons (Fsp3) is 0.583. The van der Waals surface area contributed by atoms with Crippen LogP contribution in [0.5, 0.6) is 0 Å². The Labute approximate surface area is 128 Å². The van der Waals surface area contributed by atoms with Crippen molar-refractivity contribution in [2.24, 2.45) is 0 Å². The van der Waals surface area contributed by atoms with Crippen molar-refractivity contribution in [3.63, 3.8) is 0 Å². The maximum absolute atomic E-state index is 12.3. The summed E-state index contributed by atoms with van der Waals surface area (Å²) in [5.41, 5.74) is 0.752. The van der Waals surface area contributed by atoms with Crippen LogP contribution < -0.4 is 0 Å². The van der Waals surface area contributed by atoms with E-state index in [2.05, 4.69) is 31.9 Å². The molecular formula is C12H15Br2NO2S. The van der Waals surface area contributed by atoms with Crippen molar-refractivity contribution in [1.29, 1.82) is 0 Å². The van der Waals surface area contributed by atoms with Crippen LogP contribution in [0.2, 0.25) is 0 Å². The van der Waals surface area contributed by atoms with Crippen molar-refractivity contribution in [2.45, 2.75) is 25.9 Å². The number of hydrogen-bond acceptors (Lipinski definition) is 3. The van der Waals surface area contributed by atoms with Gasteiger partial charge in [0, 0.05) is 19.7 Å². The fourth-order valence-electron chi connectivity index (χ4n) is 2.12. The Morgan fingerprint density at radius 3 is 2.67 bits per heavy atom. The number of carbonyl (C=O) groups is 1. The van der Waals surface area contributed by atoms with E-state index in [0.717, 1.165) is 45.7 Å². The lowest BCUT2D eigenvalue weighted by Gasteiger charge is -2.31. The van der Waals surface area contributed by atoms with E-state index < -0.39 is 0 Å². The first-order valence-corrected chi connectivity index (χ1v) is 8.37. The summed E-state index contributed by atoms with van der Waals surface area (Å²) in [6.07, 6.45) is 2.18. The van der Waals surface area contributed by atoms with Gasteiger partial charge in [-0.05, 0) is 57.7 Å². The molecule has 3 nitrogen and oxygen atoms in total. The average Bonchev–Trinajstić information content (AvgIpc) is 2.69. The van der Waals surface area contributed by atoms with Gasteiger partial charge in [-0.1, -0.05) is 0 Å². The Hall–Kier alpha value is 0.0900. The van der Waals surface area contributed by atoms with Gasteiger partial charge in [-0.2, -0.15) is 0 Å². The summed E-state index contributed by atoms with van der Waals surface area (Å²) in [5, 5.41) is 0. The number of carbonyl (C=O) groups excluding carboxylic acids is 1. The molecule has 0 saturated carbocycles. The minimum atomic E-state index is 0.110. The molecular weight excluding hydrogens is 382 g/mol. The number of amides is 1. The molecule has 1 aliphatic heterocycles. The molecule has 1 aromatic heterocycles. The number of likely N-dealkylation sites (tertiary alicyclic amines) is 1. The molecule has 0 unspecified atom stereocenters. The van der Waals surface area contributed by atoms with E-state index in [4.69, 9.17) is 4.74 Å². The molecule has 0 N–H and O–H groups in total. The number of ether oxygens (including phenoxy) is 1. The normalized spacial score (nSPS) is 17.2. The van der Waals surface area contributed by atoms with Gasteiger partial charge in [0.1, 0.15) is 0 Å². The number of nitrogens with zero attached hydrogens (tertiary/aromatic N) is 1. The Bertz CT molecular complexity index is 428. The summed E-state index contributed by atoms with van der Waals surface area (Å²) in [6.45, 7) is 4.33. The molecule has 6 heteroatoms. The zero-order valence-electron chi connectivity index (χ0n) is 10.1. The van der Waals surface area contributed by atoms with Crippen molar-refractivity contribution in [2.75, 3.05) is 19.7 Å². The van der Waals surface area contributed by atoms with Crippen molar-refractivity contribution < 1.29 is 9.53 Å². The molecule has 0 spiro atoms. The molecule has 1 fully saturated rings. The summed E-state index contributed by atoms with van der Waals surface area (Å²) < 4.78 is 7.46. The first kappa shape index (κ1) is 14.5. The standard InChI is InChI=1S/C12H15Br2NO2S/c1-2-17-8-3-5-15(6-4-8)12(16)9-7-10(13)18-11(9)14/h7-8H,2-6H2,1H3. The summed E-state index contributed by atoms with van der Waals surface area (Å²) in [4.78, 5) is 14.3. The van der Waals surface area contributed by atoms with Gasteiger partial charge in [0.25, 0.3) is 5.91 Å². The number of halogens is 2. The third kappa shape index (κ3) is 3.35. The summed E-state index contributed by atoms with van der Waals surface area (Å²) in [6, 6.07) is 1.88. The van der Waals surface area contributed by atoms with Crippen LogP contribution in [0.3, 0.4) is 0 Å². The molecule has 1 aromatic rings. The lowest BCUT2D eigenvalue weighted by atomic mass is 10.1. The zero-order valence-corrected chi connectivity index (χ0v) is 14.1. The van der Waals surface area contributed by atoms with Gasteiger partial charge in [0.15, 0.2) is 0 Å². The van der Waals surface area contributed by atoms with Crippen molar-refractivity contribution in [3.05, 3.63) is 19.2 Å². The van der Waals surface area contributed by atoms with Crippen molar-refractivity contribution in [3.8, 4) is 0 Å². The van der Waals surface area contributed by atoms with Crippen molar-refractivity contribution >= 4 is 49.1 Å². The van der Waals surface area contributed by atoms with E-state index in [9.17, 15) is 4.79 Å². The third-order valence-electron chi connectivity index (χ3n) is 3.02. The Kier molecular flexibility index (Phi) is 5.24. The van der Waals surface area contributed by atoms with Crippen LogP contribution in [-0.4, -0.2) is 36.6 Å². The smallest absolute Gasteiger partial charge is 0.255 e. The highest BCUT2D eigenvalue weighted by atomic mass is 79.9. The molecule has 2 rings (SSSR count). The molecule has 0 bridgehead atoms.